The maximum absolute atomic E-state index is 14.3. The number of carbonyl (C=O) groups excluding carboxylic acids is 2. The number of sulfonamides is 1. The maximum Gasteiger partial charge on any atom is 0.427 e. The molecule has 232 valence electrons. The van der Waals surface area contributed by atoms with Crippen molar-refractivity contribution < 1.29 is 50.5 Å². The Kier molecular flexibility index (Phi) is 8.82. The average molecular weight is 620 g/mol. The SMILES string of the molecule is CC(=O)NC[C@H]1CN(S(=O)(=O)c2c(OCCO)nn3c2CCCC3)c2cc(NC(=O)OC(C)(C)C(F)(F)F)ccc2O1. The van der Waals surface area contributed by atoms with E-state index < -0.39 is 34.0 Å². The fraction of sp³-hybridized carbons (Fsp3) is 0.560. The summed E-state index contributed by atoms with van der Waals surface area (Å²) in [5.41, 5.74) is -2.44. The van der Waals surface area contributed by atoms with Crippen LogP contribution in [-0.4, -0.2) is 79.5 Å². The Balaban J connectivity index is 1.74. The Hall–Kier alpha value is -3.73. The van der Waals surface area contributed by atoms with Crippen LogP contribution in [0.25, 0.3) is 0 Å². The molecule has 0 spiro atoms. The molecule has 1 aromatic carbocycles. The van der Waals surface area contributed by atoms with E-state index in [9.17, 15) is 36.3 Å². The Morgan fingerprint density at radius 3 is 2.64 bits per heavy atom. The van der Waals surface area contributed by atoms with Crippen LogP contribution in [0.2, 0.25) is 0 Å². The van der Waals surface area contributed by atoms with E-state index >= 15 is 0 Å². The molecule has 2 aliphatic rings. The summed E-state index contributed by atoms with van der Waals surface area (Å²) in [7, 11) is -4.44. The van der Waals surface area contributed by atoms with Crippen LogP contribution in [0.4, 0.5) is 29.3 Å². The lowest BCUT2D eigenvalue weighted by atomic mass is 10.1. The van der Waals surface area contributed by atoms with Gasteiger partial charge in [0.25, 0.3) is 15.9 Å². The van der Waals surface area contributed by atoms with E-state index in [1.54, 1.807) is 4.68 Å². The van der Waals surface area contributed by atoms with Crippen LogP contribution in [0.5, 0.6) is 11.6 Å². The number of rotatable bonds is 9. The predicted octanol–water partition coefficient (Wildman–Crippen LogP) is 2.57. The number of alkyl halides is 3. The largest absolute Gasteiger partial charge is 0.484 e. The predicted molar refractivity (Wildman–Crippen MR) is 142 cm³/mol. The number of halogens is 3. The van der Waals surface area contributed by atoms with Crippen LogP contribution >= 0.6 is 0 Å². The van der Waals surface area contributed by atoms with E-state index in [1.807, 2.05) is 0 Å². The first kappa shape index (κ1) is 31.2. The molecule has 13 nitrogen and oxygen atoms in total. The van der Waals surface area contributed by atoms with Gasteiger partial charge in [-0.1, -0.05) is 0 Å². The number of hydrogen-bond acceptors (Lipinski definition) is 9. The van der Waals surface area contributed by atoms with Gasteiger partial charge in [-0.2, -0.15) is 13.2 Å². The number of aryl methyl sites for hydroxylation is 1. The molecule has 3 heterocycles. The lowest BCUT2D eigenvalue weighted by molar-refractivity contribution is -0.242. The molecule has 17 heteroatoms. The summed E-state index contributed by atoms with van der Waals surface area (Å²) < 4.78 is 86.8. The summed E-state index contributed by atoms with van der Waals surface area (Å²) in [5, 5.41) is 18.4. The van der Waals surface area contributed by atoms with Crippen molar-refractivity contribution in [2.45, 2.75) is 69.4 Å². The molecule has 1 aromatic heterocycles. The highest BCUT2D eigenvalue weighted by molar-refractivity contribution is 7.93. The first-order chi connectivity index (χ1) is 19.6. The van der Waals surface area contributed by atoms with Crippen LogP contribution in [0.15, 0.2) is 23.1 Å². The molecule has 2 aliphatic heterocycles. The lowest BCUT2D eigenvalue weighted by Crippen LogP contribution is -2.48. The highest BCUT2D eigenvalue weighted by Crippen LogP contribution is 2.42. The first-order valence-corrected chi connectivity index (χ1v) is 14.6. The van der Waals surface area contributed by atoms with Gasteiger partial charge >= 0.3 is 12.3 Å². The third-order valence-corrected chi connectivity index (χ3v) is 8.49. The molecule has 0 unspecified atom stereocenters. The van der Waals surface area contributed by atoms with Crippen LogP contribution in [0.3, 0.4) is 0 Å². The number of anilines is 2. The normalized spacial score (nSPS) is 17.0. The second-order valence-corrected chi connectivity index (χ2v) is 12.1. The van der Waals surface area contributed by atoms with Gasteiger partial charge in [-0.3, -0.25) is 19.1 Å². The zero-order valence-electron chi connectivity index (χ0n) is 23.2. The van der Waals surface area contributed by atoms with Gasteiger partial charge in [0.1, 0.15) is 18.5 Å². The van der Waals surface area contributed by atoms with E-state index in [0.717, 1.165) is 10.7 Å². The molecular weight excluding hydrogens is 587 g/mol. The number of aromatic nitrogens is 2. The number of benzene rings is 1. The van der Waals surface area contributed by atoms with Crippen molar-refractivity contribution in [3.05, 3.63) is 23.9 Å². The minimum absolute atomic E-state index is 0.0224. The van der Waals surface area contributed by atoms with Gasteiger partial charge in [0.2, 0.25) is 11.5 Å². The zero-order valence-corrected chi connectivity index (χ0v) is 24.0. The van der Waals surface area contributed by atoms with Crippen LogP contribution in [0, 0.1) is 0 Å². The maximum atomic E-state index is 14.3. The fourth-order valence-corrected chi connectivity index (χ4v) is 6.27. The monoisotopic (exact) mass is 619 g/mol. The van der Waals surface area contributed by atoms with Crippen molar-refractivity contribution in [3.63, 3.8) is 0 Å². The van der Waals surface area contributed by atoms with Crippen LogP contribution in [0.1, 0.15) is 39.3 Å². The average Bonchev–Trinajstić information content (AvgIpc) is 3.28. The third-order valence-electron chi connectivity index (χ3n) is 6.64. The molecule has 0 bridgehead atoms. The Morgan fingerprint density at radius 1 is 1.24 bits per heavy atom. The van der Waals surface area contributed by atoms with E-state index in [-0.39, 0.29) is 60.1 Å². The van der Waals surface area contributed by atoms with Gasteiger partial charge in [0, 0.05) is 19.2 Å². The van der Waals surface area contributed by atoms with Crippen molar-refractivity contribution in [3.8, 4) is 11.6 Å². The quantitative estimate of drug-likeness (QED) is 0.383. The number of nitrogens with one attached hydrogen (secondary N) is 2. The van der Waals surface area contributed by atoms with Crippen LogP contribution < -0.4 is 24.4 Å². The highest BCUT2D eigenvalue weighted by Gasteiger charge is 2.51. The van der Waals surface area contributed by atoms with Gasteiger partial charge in [0.15, 0.2) is 4.90 Å². The van der Waals surface area contributed by atoms with E-state index in [2.05, 4.69) is 20.5 Å². The molecular formula is C25H32F3N5O8S. The topological polar surface area (TPSA) is 161 Å². The van der Waals surface area contributed by atoms with Crippen LogP contribution in [-0.2, 0) is 32.5 Å². The number of fused-ring (bicyclic) bond motifs is 2. The zero-order chi connectivity index (χ0) is 30.9. The summed E-state index contributed by atoms with van der Waals surface area (Å²) in [6.07, 6.45) is -5.16. The van der Waals surface area contributed by atoms with Gasteiger partial charge in [-0.15, -0.1) is 5.10 Å². The first-order valence-electron chi connectivity index (χ1n) is 13.1. The van der Waals surface area contributed by atoms with Gasteiger partial charge in [-0.05, 0) is 51.3 Å². The summed E-state index contributed by atoms with van der Waals surface area (Å²) in [6, 6.07) is 3.89. The number of hydrogen-bond donors (Lipinski definition) is 3. The Labute approximate surface area is 239 Å². The van der Waals surface area contributed by atoms with E-state index in [0.29, 0.717) is 38.9 Å². The highest BCUT2D eigenvalue weighted by atomic mass is 32.2. The van der Waals surface area contributed by atoms with Gasteiger partial charge in [-0.25, -0.2) is 13.2 Å². The summed E-state index contributed by atoms with van der Waals surface area (Å²) in [6.45, 7) is 2.28. The summed E-state index contributed by atoms with van der Waals surface area (Å²) in [4.78, 5) is 23.7. The van der Waals surface area contributed by atoms with Crippen molar-refractivity contribution >= 4 is 33.4 Å². The molecule has 0 saturated heterocycles. The van der Waals surface area contributed by atoms with Crippen molar-refractivity contribution in [1.29, 1.82) is 0 Å². The number of nitrogens with zero attached hydrogens (tertiary/aromatic N) is 3. The number of amides is 2. The number of aliphatic hydroxyl groups is 1. The number of aliphatic hydroxyl groups excluding tert-OH is 1. The minimum Gasteiger partial charge on any atom is -0.484 e. The van der Waals surface area contributed by atoms with Crippen molar-refractivity contribution in [2.24, 2.45) is 0 Å². The molecule has 0 radical (unpaired) electrons. The molecule has 0 aliphatic carbocycles. The standard InChI is InChI=1S/C25H32F3N5O8S/c1-15(35)29-13-17-14-33(42(37,38)21-18-6-4-5-9-32(18)31-22(21)39-11-10-34)19-12-16(7-8-20(19)40-17)30-23(36)41-24(2,3)25(26,27)28/h7-8,12,17,34H,4-6,9-11,13-14H2,1-3H3,(H,29,35)(H,30,36)/t17-/m0/s1. The fourth-order valence-electron chi connectivity index (χ4n) is 4.46. The van der Waals surface area contributed by atoms with Gasteiger partial charge < -0.3 is 24.6 Å². The van der Waals surface area contributed by atoms with E-state index in [4.69, 9.17) is 9.47 Å². The molecule has 42 heavy (non-hydrogen) atoms. The summed E-state index contributed by atoms with van der Waals surface area (Å²) >= 11 is 0. The molecule has 0 saturated carbocycles. The molecule has 1 atom stereocenters. The molecule has 0 fully saturated rings. The Morgan fingerprint density at radius 2 is 1.98 bits per heavy atom. The summed E-state index contributed by atoms with van der Waals surface area (Å²) in [5.74, 6) is -0.461. The van der Waals surface area contributed by atoms with Crippen molar-refractivity contribution in [1.82, 2.24) is 15.1 Å². The molecule has 2 amide bonds. The van der Waals surface area contributed by atoms with Gasteiger partial charge in [0.05, 0.1) is 31.1 Å². The third kappa shape index (κ3) is 6.51. The number of ether oxygens (including phenoxy) is 3. The smallest absolute Gasteiger partial charge is 0.427 e. The molecule has 3 N–H and O–H groups in total. The van der Waals surface area contributed by atoms with E-state index in [1.165, 1.54) is 25.1 Å². The lowest BCUT2D eigenvalue weighted by Gasteiger charge is -2.36. The molecule has 2 aromatic rings. The second-order valence-electron chi connectivity index (χ2n) is 10.3. The Bertz CT molecular complexity index is 1440. The number of carbonyl (C=O) groups is 2. The minimum atomic E-state index is -4.83. The second kappa shape index (κ2) is 11.9. The van der Waals surface area contributed by atoms with Crippen molar-refractivity contribution in [2.75, 3.05) is 35.9 Å². The molecule has 4 rings (SSSR count).